The molecule has 1 aliphatic heterocycles. The molecule has 0 amide bonds. The van der Waals surface area contributed by atoms with Gasteiger partial charge in [0.15, 0.2) is 5.11 Å². The van der Waals surface area contributed by atoms with Crippen LogP contribution in [0.3, 0.4) is 0 Å². The molecule has 5 heteroatoms. The van der Waals surface area contributed by atoms with Crippen molar-refractivity contribution in [3.05, 3.63) is 53.7 Å². The molecule has 2 aromatic rings. The van der Waals surface area contributed by atoms with Crippen LogP contribution in [0.2, 0.25) is 0 Å². The van der Waals surface area contributed by atoms with Crippen molar-refractivity contribution in [1.29, 1.82) is 0 Å². The van der Waals surface area contributed by atoms with Crippen LogP contribution in [-0.2, 0) is 0 Å². The van der Waals surface area contributed by atoms with Gasteiger partial charge in [-0.05, 0) is 43.4 Å². The number of aromatic nitrogens is 1. The maximum atomic E-state index is 5.77. The first-order valence-corrected chi connectivity index (χ1v) is 6.58. The zero-order valence-corrected chi connectivity index (χ0v) is 11.6. The Kier molecular flexibility index (Phi) is 2.98. The molecule has 19 heavy (non-hydrogen) atoms. The first-order chi connectivity index (χ1) is 9.16. The minimum atomic E-state index is 0.0178. The summed E-state index contributed by atoms with van der Waals surface area (Å²) in [6.07, 6.45) is 1.79. The minimum absolute atomic E-state index is 0.0178. The Balaban J connectivity index is 2.01. The number of nitrogens with zero attached hydrogens (tertiary/aromatic N) is 2. The Labute approximate surface area is 117 Å². The lowest BCUT2D eigenvalue weighted by Gasteiger charge is -2.21. The van der Waals surface area contributed by atoms with Crippen molar-refractivity contribution in [2.45, 2.75) is 19.0 Å². The molecule has 2 aromatic heterocycles. The highest BCUT2D eigenvalue weighted by Crippen LogP contribution is 2.37. The van der Waals surface area contributed by atoms with Gasteiger partial charge in [-0.1, -0.05) is 6.07 Å². The van der Waals surface area contributed by atoms with Gasteiger partial charge in [-0.2, -0.15) is 0 Å². The van der Waals surface area contributed by atoms with E-state index in [1.165, 1.54) is 0 Å². The van der Waals surface area contributed by atoms with Gasteiger partial charge in [-0.15, -0.1) is 0 Å². The lowest BCUT2D eigenvalue weighted by Crippen LogP contribution is -2.24. The van der Waals surface area contributed by atoms with Gasteiger partial charge >= 0.3 is 0 Å². The average molecular weight is 273 g/mol. The Morgan fingerprint density at radius 3 is 2.79 bits per heavy atom. The Morgan fingerprint density at radius 1 is 1.32 bits per heavy atom. The van der Waals surface area contributed by atoms with E-state index >= 15 is 0 Å². The van der Waals surface area contributed by atoms with E-state index in [9.17, 15) is 0 Å². The molecular weight excluding hydrogens is 258 g/mol. The lowest BCUT2D eigenvalue weighted by molar-refractivity contribution is 0.303. The van der Waals surface area contributed by atoms with Gasteiger partial charge in [0.25, 0.3) is 0 Å². The normalized spacial score (nSPS) is 22.6. The van der Waals surface area contributed by atoms with Crippen molar-refractivity contribution < 1.29 is 4.42 Å². The second-order valence-electron chi connectivity index (χ2n) is 4.69. The molecule has 0 saturated carbocycles. The minimum Gasteiger partial charge on any atom is -0.464 e. The summed E-state index contributed by atoms with van der Waals surface area (Å²) in [5.41, 5.74) is 0.966. The lowest BCUT2D eigenvalue weighted by atomic mass is 10.0. The fourth-order valence-electron chi connectivity index (χ4n) is 2.43. The molecule has 1 aliphatic rings. The fourth-order valence-corrected chi connectivity index (χ4v) is 2.67. The van der Waals surface area contributed by atoms with E-state index in [1.54, 1.807) is 6.20 Å². The summed E-state index contributed by atoms with van der Waals surface area (Å²) in [5.74, 6) is 1.81. The van der Waals surface area contributed by atoms with Crippen molar-refractivity contribution in [2.75, 3.05) is 7.05 Å². The third kappa shape index (κ3) is 2.10. The van der Waals surface area contributed by atoms with Crippen LogP contribution in [-0.4, -0.2) is 22.0 Å². The third-order valence-electron chi connectivity index (χ3n) is 3.39. The van der Waals surface area contributed by atoms with E-state index in [1.807, 2.05) is 49.2 Å². The molecular formula is C14H15N3OS. The summed E-state index contributed by atoms with van der Waals surface area (Å²) in [7, 11) is 1.97. The first kappa shape index (κ1) is 12.2. The second-order valence-corrected chi connectivity index (χ2v) is 5.07. The van der Waals surface area contributed by atoms with Gasteiger partial charge in [0.05, 0.1) is 11.7 Å². The quantitative estimate of drug-likeness (QED) is 0.852. The van der Waals surface area contributed by atoms with Gasteiger partial charge in [0.2, 0.25) is 0 Å². The third-order valence-corrected chi connectivity index (χ3v) is 3.80. The van der Waals surface area contributed by atoms with Crippen molar-refractivity contribution in [3.8, 4) is 0 Å². The molecule has 2 atom stereocenters. The molecule has 2 unspecified atom stereocenters. The van der Waals surface area contributed by atoms with Crippen LogP contribution in [0.15, 0.2) is 40.9 Å². The monoisotopic (exact) mass is 273 g/mol. The zero-order chi connectivity index (χ0) is 13.4. The van der Waals surface area contributed by atoms with Gasteiger partial charge in [-0.3, -0.25) is 4.98 Å². The maximum Gasteiger partial charge on any atom is 0.170 e. The highest BCUT2D eigenvalue weighted by atomic mass is 32.1. The van der Waals surface area contributed by atoms with Crippen LogP contribution in [0.4, 0.5) is 0 Å². The van der Waals surface area contributed by atoms with E-state index in [2.05, 4.69) is 10.3 Å². The van der Waals surface area contributed by atoms with E-state index in [0.29, 0.717) is 0 Å². The SMILES string of the molecule is Cc1ccc(C2C(c3ccccn3)NC(=S)N2C)o1. The van der Waals surface area contributed by atoms with Crippen molar-refractivity contribution in [3.63, 3.8) is 0 Å². The zero-order valence-electron chi connectivity index (χ0n) is 10.8. The van der Waals surface area contributed by atoms with Crippen molar-refractivity contribution in [2.24, 2.45) is 0 Å². The molecule has 0 spiro atoms. The maximum absolute atomic E-state index is 5.77. The molecule has 3 rings (SSSR count). The van der Waals surface area contributed by atoms with Crippen LogP contribution in [0.1, 0.15) is 29.3 Å². The molecule has 3 heterocycles. The number of hydrogen-bond donors (Lipinski definition) is 1. The molecule has 4 nitrogen and oxygen atoms in total. The summed E-state index contributed by atoms with van der Waals surface area (Å²) in [4.78, 5) is 6.44. The predicted octanol–water partition coefficient (Wildman–Crippen LogP) is 2.59. The first-order valence-electron chi connectivity index (χ1n) is 6.17. The van der Waals surface area contributed by atoms with Gasteiger partial charge in [0, 0.05) is 13.2 Å². The summed E-state index contributed by atoms with van der Waals surface area (Å²) in [5, 5.41) is 4.03. The largest absolute Gasteiger partial charge is 0.464 e. The number of pyridine rings is 1. The van der Waals surface area contributed by atoms with Crippen LogP contribution < -0.4 is 5.32 Å². The van der Waals surface area contributed by atoms with E-state index in [0.717, 1.165) is 22.3 Å². The molecule has 1 fully saturated rings. The van der Waals surface area contributed by atoms with Gasteiger partial charge < -0.3 is 14.6 Å². The van der Waals surface area contributed by atoms with Crippen LogP contribution in [0.5, 0.6) is 0 Å². The molecule has 0 aliphatic carbocycles. The van der Waals surface area contributed by atoms with Crippen LogP contribution in [0.25, 0.3) is 0 Å². The molecule has 0 radical (unpaired) electrons. The van der Waals surface area contributed by atoms with Crippen LogP contribution >= 0.6 is 12.2 Å². The van der Waals surface area contributed by atoms with Crippen molar-refractivity contribution >= 4 is 17.3 Å². The van der Waals surface area contributed by atoms with Crippen LogP contribution in [0, 0.1) is 6.92 Å². The number of nitrogens with one attached hydrogen (secondary N) is 1. The number of hydrogen-bond acceptors (Lipinski definition) is 3. The Morgan fingerprint density at radius 2 is 2.16 bits per heavy atom. The molecule has 98 valence electrons. The Hall–Kier alpha value is -1.88. The summed E-state index contributed by atoms with van der Waals surface area (Å²) >= 11 is 5.35. The van der Waals surface area contributed by atoms with E-state index < -0.39 is 0 Å². The topological polar surface area (TPSA) is 41.3 Å². The predicted molar refractivity (Wildman–Crippen MR) is 76.7 cm³/mol. The van der Waals surface area contributed by atoms with Gasteiger partial charge in [-0.25, -0.2) is 0 Å². The molecule has 0 bridgehead atoms. The molecule has 1 N–H and O–H groups in total. The second kappa shape index (κ2) is 4.66. The number of thiocarbonyl (C=S) groups is 1. The summed E-state index contributed by atoms with van der Waals surface area (Å²) < 4.78 is 5.77. The number of aryl methyl sites for hydroxylation is 1. The highest BCUT2D eigenvalue weighted by Gasteiger charge is 2.39. The van der Waals surface area contributed by atoms with E-state index in [-0.39, 0.29) is 12.1 Å². The number of rotatable bonds is 2. The Bertz CT molecular complexity index is 596. The summed E-state index contributed by atoms with van der Waals surface area (Å²) in [6.45, 7) is 1.94. The van der Waals surface area contributed by atoms with Gasteiger partial charge in [0.1, 0.15) is 17.6 Å². The fraction of sp³-hybridized carbons (Fsp3) is 0.286. The molecule has 1 saturated heterocycles. The van der Waals surface area contributed by atoms with Crippen molar-refractivity contribution in [1.82, 2.24) is 15.2 Å². The molecule has 0 aromatic carbocycles. The van der Waals surface area contributed by atoms with E-state index in [4.69, 9.17) is 16.6 Å². The highest BCUT2D eigenvalue weighted by molar-refractivity contribution is 7.80. The smallest absolute Gasteiger partial charge is 0.170 e. The summed E-state index contributed by atoms with van der Waals surface area (Å²) in [6, 6.07) is 9.92. The average Bonchev–Trinajstić information content (AvgIpc) is 2.96. The number of likely N-dealkylation sites (N-methyl/N-ethyl adjacent to an activating group) is 1. The number of furan rings is 1. The standard InChI is InChI=1S/C14H15N3OS/c1-9-6-7-11(18-9)13-12(16-14(19)17(13)2)10-5-3-4-8-15-10/h3-8,12-13H,1-2H3,(H,16,19).